The molecule has 2 atom stereocenters. The normalized spacial score (nSPS) is 17.3. The fourth-order valence-electron chi connectivity index (χ4n) is 5.33. The first-order valence-electron chi connectivity index (χ1n) is 15.9. The second-order valence-electron chi connectivity index (χ2n) is 12.2. The topological polar surface area (TPSA) is 149 Å². The molecule has 0 spiro atoms. The van der Waals surface area contributed by atoms with Crippen molar-refractivity contribution in [3.8, 4) is 0 Å². The number of benzene rings is 2. The van der Waals surface area contributed by atoms with Crippen molar-refractivity contribution < 1.29 is 33.5 Å². The molecule has 2 aromatic carbocycles. The summed E-state index contributed by atoms with van der Waals surface area (Å²) >= 11 is 7.39. The highest BCUT2D eigenvalue weighted by Gasteiger charge is 2.54. The van der Waals surface area contributed by atoms with Crippen molar-refractivity contribution >= 4 is 64.8 Å². The van der Waals surface area contributed by atoms with Crippen LogP contribution in [0.1, 0.15) is 57.0 Å². The standard InChI is InChI=1S/C36H37N5O7S2/c1-5-22-20-50-34-29(33(45)41(34)30(22)35(49)47-31(23-13-8-6-9-14-23)24-15-10-7-11-16-24)39-32(44)28(25-17-12-18-26(38-25)37-21-42)40-46-19-27(43)48-36(2,3)4/h6-18,21,29,31,34H,5,19-20H2,1-4H3,(H,39,44)(H,37,38,42)/t29?,34-/m1/s1. The minimum absolute atomic E-state index is 0.0368. The summed E-state index contributed by atoms with van der Waals surface area (Å²) in [6, 6.07) is 23.0. The summed E-state index contributed by atoms with van der Waals surface area (Å²) in [5, 5.41) is 8.79. The predicted molar refractivity (Wildman–Crippen MR) is 193 cm³/mol. The largest absolute Gasteiger partial charge is 0.469 e. The fraction of sp³-hybridized carbons (Fsp3) is 0.306. The van der Waals surface area contributed by atoms with Crippen LogP contribution in [0.25, 0.3) is 0 Å². The Morgan fingerprint density at radius 3 is 2.32 bits per heavy atom. The van der Waals surface area contributed by atoms with Crippen LogP contribution in [0.15, 0.2) is 95.3 Å². The third kappa shape index (κ3) is 8.55. The van der Waals surface area contributed by atoms with E-state index in [0.717, 1.165) is 16.7 Å². The van der Waals surface area contributed by atoms with E-state index in [1.54, 1.807) is 31.7 Å². The molecule has 0 saturated carbocycles. The third-order valence-corrected chi connectivity index (χ3v) is 9.18. The fourth-order valence-corrected chi connectivity index (χ4v) is 7.12. The highest BCUT2D eigenvalue weighted by Crippen LogP contribution is 2.42. The number of hydrogen-bond donors (Lipinski definition) is 2. The highest BCUT2D eigenvalue weighted by molar-refractivity contribution is 8.00. The number of aromatic nitrogens is 1. The smallest absolute Gasteiger partial charge is 0.347 e. The van der Waals surface area contributed by atoms with Crippen molar-refractivity contribution in [2.45, 2.75) is 57.2 Å². The second kappa shape index (κ2) is 16.1. The van der Waals surface area contributed by atoms with Crippen LogP contribution in [0.4, 0.5) is 5.82 Å². The average molecular weight is 716 g/mol. The number of fused-ring (bicyclic) bond motifs is 1. The quantitative estimate of drug-likeness (QED) is 0.0625. The third-order valence-electron chi connectivity index (χ3n) is 7.56. The van der Waals surface area contributed by atoms with Crippen LogP contribution in [-0.2, 0) is 33.5 Å². The highest BCUT2D eigenvalue weighted by atomic mass is 32.2. The first kappa shape index (κ1) is 36.2. The van der Waals surface area contributed by atoms with Crippen LogP contribution in [0.3, 0.4) is 0 Å². The molecule has 3 amide bonds. The Labute approximate surface area is 299 Å². The number of thioether (sulfide) groups is 1. The maximum absolute atomic E-state index is 13.8. The molecule has 2 aliphatic heterocycles. The minimum Gasteiger partial charge on any atom is -0.469 e. The summed E-state index contributed by atoms with van der Waals surface area (Å²) in [7, 11) is 0. The molecule has 3 heterocycles. The number of rotatable bonds is 13. The van der Waals surface area contributed by atoms with Gasteiger partial charge in [0.15, 0.2) is 5.71 Å². The average Bonchev–Trinajstić information content (AvgIpc) is 3.10. The van der Waals surface area contributed by atoms with Gasteiger partial charge < -0.3 is 24.9 Å². The van der Waals surface area contributed by atoms with Crippen molar-refractivity contribution in [1.82, 2.24) is 15.2 Å². The van der Waals surface area contributed by atoms with Gasteiger partial charge in [-0.1, -0.05) is 78.8 Å². The van der Waals surface area contributed by atoms with Crippen molar-refractivity contribution in [3.05, 3.63) is 107 Å². The Balaban J connectivity index is 1.36. The number of pyridine rings is 1. The van der Waals surface area contributed by atoms with Gasteiger partial charge in [-0.25, -0.2) is 9.78 Å². The van der Waals surface area contributed by atoms with E-state index in [1.165, 1.54) is 23.9 Å². The zero-order chi connectivity index (χ0) is 35.8. The van der Waals surface area contributed by atoms with E-state index < -0.39 is 41.6 Å². The lowest BCUT2D eigenvalue weighted by molar-refractivity contribution is -0.160. The molecule has 1 unspecified atom stereocenters. The van der Waals surface area contributed by atoms with E-state index in [1.807, 2.05) is 67.6 Å². The molecule has 14 heteroatoms. The number of nitrogens with zero attached hydrogens (tertiary/aromatic N) is 3. The van der Waals surface area contributed by atoms with E-state index >= 15 is 0 Å². The first-order chi connectivity index (χ1) is 24.0. The maximum atomic E-state index is 13.8. The van der Waals surface area contributed by atoms with Gasteiger partial charge in [0.2, 0.25) is 18.1 Å². The number of oxime groups is 1. The lowest BCUT2D eigenvalue weighted by atomic mass is 10.00. The summed E-state index contributed by atoms with van der Waals surface area (Å²) in [4.78, 5) is 61.8. The lowest BCUT2D eigenvalue weighted by Crippen LogP contribution is -2.71. The molecule has 1 saturated heterocycles. The second-order valence-corrected chi connectivity index (χ2v) is 13.7. The number of hydrogen-bond acceptors (Lipinski definition) is 11. The van der Waals surface area contributed by atoms with E-state index in [2.05, 4.69) is 20.8 Å². The lowest BCUT2D eigenvalue weighted by Gasteiger charge is -2.50. The Bertz CT molecular complexity index is 1770. The molecule has 0 bridgehead atoms. The number of ether oxygens (including phenoxy) is 2. The molecule has 2 N–H and O–H groups in total. The van der Waals surface area contributed by atoms with Crippen LogP contribution < -0.4 is 10.6 Å². The predicted octanol–water partition coefficient (Wildman–Crippen LogP) is 4.91. The van der Waals surface area contributed by atoms with Gasteiger partial charge in [0, 0.05) is 5.75 Å². The molecule has 0 radical (unpaired) electrons. The van der Waals surface area contributed by atoms with E-state index in [0.29, 0.717) is 24.3 Å². The molecule has 3 aromatic rings. The summed E-state index contributed by atoms with van der Waals surface area (Å²) < 4.78 is 11.7. The van der Waals surface area contributed by atoms with Crippen molar-refractivity contribution in [2.75, 3.05) is 17.7 Å². The summed E-state index contributed by atoms with van der Waals surface area (Å²) in [5.41, 5.74) is 2.27. The molecule has 50 heavy (non-hydrogen) atoms. The maximum Gasteiger partial charge on any atom is 0.347 e. The molecular formula is C36H37N5O7S2. The van der Waals surface area contributed by atoms with Crippen molar-refractivity contribution in [3.63, 3.8) is 0 Å². The molecule has 0 aliphatic carbocycles. The summed E-state index contributed by atoms with van der Waals surface area (Å²) in [5.74, 6) is -1.13. The molecule has 1 fully saturated rings. The molecule has 12 nitrogen and oxygen atoms in total. The van der Waals surface area contributed by atoms with Crippen molar-refractivity contribution in [1.29, 1.82) is 0 Å². The Hall–Kier alpha value is -5.08. The Morgan fingerprint density at radius 2 is 1.72 bits per heavy atom. The minimum atomic E-state index is -0.935. The van der Waals surface area contributed by atoms with Gasteiger partial charge in [0.25, 0.3) is 11.8 Å². The number of β-lactam (4-membered cyclic amide) rings is 1. The van der Waals surface area contributed by atoms with E-state index in [4.69, 9.17) is 26.5 Å². The van der Waals surface area contributed by atoms with Crippen LogP contribution >= 0.6 is 24.0 Å². The molecule has 260 valence electrons. The van der Waals surface area contributed by atoms with Gasteiger partial charge in [-0.15, -0.1) is 11.8 Å². The number of amides is 3. The summed E-state index contributed by atoms with van der Waals surface area (Å²) in [6.45, 7) is 6.54. The van der Waals surface area contributed by atoms with E-state index in [-0.39, 0.29) is 28.2 Å². The van der Waals surface area contributed by atoms with Gasteiger partial charge in [0.1, 0.15) is 34.6 Å². The van der Waals surface area contributed by atoms with Gasteiger partial charge >= 0.3 is 5.97 Å². The SMILES string of the molecule is CCC1=C(C(=S)OC(c2ccccc2)c2ccccc2)N2C(=O)C(NC(=O)C(=NOCC(=O)OC(C)(C)C)c3cccc(NC=O)n3)[C@H]2SC1. The molecule has 2 aliphatic rings. The number of carbonyl (C=O) groups is 4. The van der Waals surface area contributed by atoms with Crippen LogP contribution in [0.2, 0.25) is 0 Å². The van der Waals surface area contributed by atoms with Gasteiger partial charge in [0.05, 0.1) is 5.70 Å². The zero-order valence-electron chi connectivity index (χ0n) is 28.0. The van der Waals surface area contributed by atoms with Crippen LogP contribution in [-0.4, -0.2) is 74.2 Å². The van der Waals surface area contributed by atoms with Gasteiger partial charge in [-0.3, -0.25) is 19.3 Å². The van der Waals surface area contributed by atoms with Gasteiger partial charge in [-0.05, 0) is 68.2 Å². The summed E-state index contributed by atoms with van der Waals surface area (Å²) in [6.07, 6.45) is 0.575. The number of thiocarbonyl (C=S) groups is 1. The van der Waals surface area contributed by atoms with Gasteiger partial charge in [-0.2, -0.15) is 0 Å². The number of nitrogens with one attached hydrogen (secondary N) is 2. The Morgan fingerprint density at radius 1 is 1.06 bits per heavy atom. The first-order valence-corrected chi connectivity index (χ1v) is 17.3. The number of carbonyl (C=O) groups excluding carboxylic acids is 4. The van der Waals surface area contributed by atoms with E-state index in [9.17, 15) is 19.2 Å². The molecule has 5 rings (SSSR count). The van der Waals surface area contributed by atoms with Crippen LogP contribution in [0.5, 0.6) is 0 Å². The zero-order valence-corrected chi connectivity index (χ0v) is 29.6. The number of anilines is 1. The molecular weight excluding hydrogens is 679 g/mol. The monoisotopic (exact) mass is 715 g/mol. The van der Waals surface area contributed by atoms with Crippen LogP contribution in [0, 0.1) is 0 Å². The molecule has 1 aromatic heterocycles. The Kier molecular flexibility index (Phi) is 11.6. The number of esters is 1. The van der Waals surface area contributed by atoms with Crippen molar-refractivity contribution in [2.24, 2.45) is 5.16 Å².